The third-order valence-corrected chi connectivity index (χ3v) is 3.53. The van der Waals surface area contributed by atoms with Gasteiger partial charge in [0.1, 0.15) is 11.5 Å². The fraction of sp³-hybridized carbons (Fsp3) is 0.188. The average molecular weight is 282 g/mol. The number of aromatic nitrogens is 1. The van der Waals surface area contributed by atoms with Crippen LogP contribution >= 0.6 is 0 Å². The van der Waals surface area contributed by atoms with Crippen molar-refractivity contribution in [1.29, 1.82) is 0 Å². The highest BCUT2D eigenvalue weighted by atomic mass is 16.5. The maximum Gasteiger partial charge on any atom is 0.238 e. The van der Waals surface area contributed by atoms with Gasteiger partial charge in [-0.3, -0.25) is 0 Å². The van der Waals surface area contributed by atoms with Crippen molar-refractivity contribution in [2.24, 2.45) is 0 Å². The van der Waals surface area contributed by atoms with E-state index in [0.29, 0.717) is 23.8 Å². The fourth-order valence-electron chi connectivity index (χ4n) is 2.49. The van der Waals surface area contributed by atoms with E-state index in [0.717, 1.165) is 17.0 Å². The Morgan fingerprint density at radius 1 is 1.19 bits per heavy atom. The summed E-state index contributed by atoms with van der Waals surface area (Å²) in [4.78, 5) is 4.52. The van der Waals surface area contributed by atoms with Crippen molar-refractivity contribution in [3.8, 4) is 11.5 Å². The minimum Gasteiger partial charge on any atom is -0.494 e. The number of anilines is 1. The first-order valence-electron chi connectivity index (χ1n) is 6.78. The van der Waals surface area contributed by atoms with Gasteiger partial charge in [-0.25, -0.2) is 4.98 Å². The molecule has 106 valence electrons. The molecule has 4 rings (SSSR count). The van der Waals surface area contributed by atoms with Crippen molar-refractivity contribution in [2.75, 3.05) is 19.0 Å². The van der Waals surface area contributed by atoms with Gasteiger partial charge in [0.05, 0.1) is 19.3 Å². The zero-order valence-electron chi connectivity index (χ0n) is 11.5. The normalized spacial score (nSPS) is 16.9. The SMILES string of the molecule is COc1cccc2oc(C3CNc4ccccc4O3)nc12. The first kappa shape index (κ1) is 12.1. The van der Waals surface area contributed by atoms with Crippen molar-refractivity contribution in [3.05, 3.63) is 48.4 Å². The second-order valence-electron chi connectivity index (χ2n) is 4.84. The van der Waals surface area contributed by atoms with Gasteiger partial charge >= 0.3 is 0 Å². The molecule has 5 heteroatoms. The molecule has 0 saturated heterocycles. The van der Waals surface area contributed by atoms with Crippen LogP contribution in [0.1, 0.15) is 12.0 Å². The van der Waals surface area contributed by atoms with Crippen LogP contribution in [0, 0.1) is 0 Å². The molecular weight excluding hydrogens is 268 g/mol. The smallest absolute Gasteiger partial charge is 0.238 e. The maximum absolute atomic E-state index is 5.96. The van der Waals surface area contributed by atoms with E-state index in [9.17, 15) is 0 Å². The highest BCUT2D eigenvalue weighted by Gasteiger charge is 2.25. The second-order valence-corrected chi connectivity index (χ2v) is 4.84. The van der Waals surface area contributed by atoms with E-state index in [4.69, 9.17) is 13.9 Å². The molecule has 0 amide bonds. The molecule has 21 heavy (non-hydrogen) atoms. The van der Waals surface area contributed by atoms with E-state index < -0.39 is 0 Å². The van der Waals surface area contributed by atoms with Gasteiger partial charge in [0.25, 0.3) is 0 Å². The molecule has 2 aromatic carbocycles. The molecule has 1 atom stereocenters. The number of oxazole rings is 1. The summed E-state index contributed by atoms with van der Waals surface area (Å²) in [5.41, 5.74) is 2.41. The quantitative estimate of drug-likeness (QED) is 0.781. The molecule has 1 aromatic heterocycles. The number of nitrogens with one attached hydrogen (secondary N) is 1. The van der Waals surface area contributed by atoms with Crippen molar-refractivity contribution in [2.45, 2.75) is 6.10 Å². The average Bonchev–Trinajstić information content (AvgIpc) is 2.98. The summed E-state index contributed by atoms with van der Waals surface area (Å²) in [6, 6.07) is 13.4. The fourth-order valence-corrected chi connectivity index (χ4v) is 2.49. The minimum absolute atomic E-state index is 0.253. The predicted octanol–water partition coefficient (Wildman–Crippen LogP) is 3.38. The summed E-state index contributed by atoms with van der Waals surface area (Å²) >= 11 is 0. The highest BCUT2D eigenvalue weighted by molar-refractivity contribution is 5.79. The largest absolute Gasteiger partial charge is 0.494 e. The minimum atomic E-state index is -0.253. The van der Waals surface area contributed by atoms with Gasteiger partial charge in [-0.2, -0.15) is 0 Å². The van der Waals surface area contributed by atoms with E-state index >= 15 is 0 Å². The Hall–Kier alpha value is -2.69. The van der Waals surface area contributed by atoms with Crippen LogP contribution in [-0.4, -0.2) is 18.6 Å². The van der Waals surface area contributed by atoms with Crippen LogP contribution in [0.4, 0.5) is 5.69 Å². The third-order valence-electron chi connectivity index (χ3n) is 3.53. The summed E-state index contributed by atoms with van der Waals surface area (Å²) in [6.45, 7) is 0.617. The Morgan fingerprint density at radius 2 is 2.10 bits per heavy atom. The number of nitrogens with zero attached hydrogens (tertiary/aromatic N) is 1. The van der Waals surface area contributed by atoms with Crippen LogP contribution < -0.4 is 14.8 Å². The molecule has 0 aliphatic carbocycles. The molecule has 0 radical (unpaired) electrons. The summed E-state index contributed by atoms with van der Waals surface area (Å²) in [5.74, 6) is 2.06. The predicted molar refractivity (Wildman–Crippen MR) is 78.9 cm³/mol. The third kappa shape index (κ3) is 1.98. The lowest BCUT2D eigenvalue weighted by molar-refractivity contribution is 0.177. The maximum atomic E-state index is 5.96. The lowest BCUT2D eigenvalue weighted by Gasteiger charge is -2.25. The van der Waals surface area contributed by atoms with Gasteiger partial charge in [0, 0.05) is 0 Å². The molecule has 1 aliphatic heterocycles. The first-order valence-corrected chi connectivity index (χ1v) is 6.78. The van der Waals surface area contributed by atoms with Gasteiger partial charge in [0.15, 0.2) is 17.2 Å². The van der Waals surface area contributed by atoms with Gasteiger partial charge in [-0.05, 0) is 24.3 Å². The number of para-hydroxylation sites is 3. The van der Waals surface area contributed by atoms with Crippen LogP contribution in [-0.2, 0) is 0 Å². The van der Waals surface area contributed by atoms with E-state index in [1.54, 1.807) is 7.11 Å². The summed E-state index contributed by atoms with van der Waals surface area (Å²) < 4.78 is 17.1. The summed E-state index contributed by atoms with van der Waals surface area (Å²) in [5, 5.41) is 3.33. The lowest BCUT2D eigenvalue weighted by Crippen LogP contribution is -2.23. The Labute approximate surface area is 121 Å². The molecule has 1 N–H and O–H groups in total. The zero-order valence-corrected chi connectivity index (χ0v) is 11.5. The Kier molecular flexibility index (Phi) is 2.70. The topological polar surface area (TPSA) is 56.5 Å². The van der Waals surface area contributed by atoms with Crippen LogP contribution in [0.2, 0.25) is 0 Å². The van der Waals surface area contributed by atoms with E-state index in [2.05, 4.69) is 10.3 Å². The molecule has 2 heterocycles. The molecule has 0 bridgehead atoms. The monoisotopic (exact) mass is 282 g/mol. The number of rotatable bonds is 2. The van der Waals surface area contributed by atoms with Crippen LogP contribution in [0.5, 0.6) is 11.5 Å². The molecule has 0 saturated carbocycles. The summed E-state index contributed by atoms with van der Waals surface area (Å²) in [6.07, 6.45) is -0.253. The molecular formula is C16H14N2O3. The number of hydrogen-bond acceptors (Lipinski definition) is 5. The molecule has 1 aliphatic rings. The molecule has 3 aromatic rings. The van der Waals surface area contributed by atoms with Gasteiger partial charge < -0.3 is 19.2 Å². The number of methoxy groups -OCH3 is 1. The van der Waals surface area contributed by atoms with E-state index in [1.807, 2.05) is 42.5 Å². The summed E-state index contributed by atoms with van der Waals surface area (Å²) in [7, 11) is 1.62. The molecule has 5 nitrogen and oxygen atoms in total. The second kappa shape index (κ2) is 4.70. The van der Waals surface area contributed by atoms with E-state index in [-0.39, 0.29) is 6.10 Å². The number of ether oxygens (including phenoxy) is 2. The van der Waals surface area contributed by atoms with Crippen molar-refractivity contribution >= 4 is 16.8 Å². The van der Waals surface area contributed by atoms with Crippen molar-refractivity contribution in [1.82, 2.24) is 4.98 Å². The van der Waals surface area contributed by atoms with Crippen molar-refractivity contribution in [3.63, 3.8) is 0 Å². The van der Waals surface area contributed by atoms with Crippen LogP contribution in [0.15, 0.2) is 46.9 Å². The first-order chi connectivity index (χ1) is 10.3. The lowest BCUT2D eigenvalue weighted by atomic mass is 10.2. The molecule has 0 spiro atoms. The highest BCUT2D eigenvalue weighted by Crippen LogP contribution is 2.35. The number of hydrogen-bond donors (Lipinski definition) is 1. The van der Waals surface area contributed by atoms with Gasteiger partial charge in [0.2, 0.25) is 5.89 Å². The number of fused-ring (bicyclic) bond motifs is 2. The van der Waals surface area contributed by atoms with Crippen LogP contribution in [0.3, 0.4) is 0 Å². The Bertz CT molecular complexity index is 797. The molecule has 1 unspecified atom stereocenters. The van der Waals surface area contributed by atoms with Crippen LogP contribution in [0.25, 0.3) is 11.1 Å². The Morgan fingerprint density at radius 3 is 3.00 bits per heavy atom. The number of benzene rings is 2. The van der Waals surface area contributed by atoms with Gasteiger partial charge in [-0.15, -0.1) is 0 Å². The molecule has 0 fully saturated rings. The van der Waals surface area contributed by atoms with Crippen molar-refractivity contribution < 1.29 is 13.9 Å². The standard InChI is InChI=1S/C16H14N2O3/c1-19-12-7-4-8-13-15(12)18-16(21-13)14-9-17-10-5-2-3-6-11(10)20-14/h2-8,14,17H,9H2,1H3. The zero-order chi connectivity index (χ0) is 14.2. The Balaban J connectivity index is 1.72. The van der Waals surface area contributed by atoms with E-state index in [1.165, 1.54) is 0 Å². The van der Waals surface area contributed by atoms with Gasteiger partial charge in [-0.1, -0.05) is 18.2 Å².